The number of methoxy groups -OCH3 is 1. The summed E-state index contributed by atoms with van der Waals surface area (Å²) < 4.78 is 11.2. The predicted molar refractivity (Wildman–Crippen MR) is 134 cm³/mol. The number of aliphatic hydroxyl groups is 1. The van der Waals surface area contributed by atoms with Gasteiger partial charge in [-0.05, 0) is 62.4 Å². The molecular weight excluding hydrogens is 414 g/mol. The van der Waals surface area contributed by atoms with E-state index in [9.17, 15) is 5.11 Å². The van der Waals surface area contributed by atoms with Crippen molar-refractivity contribution in [2.24, 2.45) is 5.41 Å². The highest BCUT2D eigenvalue weighted by Gasteiger charge is 2.31. The van der Waals surface area contributed by atoms with Crippen molar-refractivity contribution in [3.63, 3.8) is 0 Å². The maximum Gasteiger partial charge on any atom is 0.121 e. The topological polar surface area (TPSA) is 75.6 Å². The molecule has 1 aliphatic rings. The Morgan fingerprint density at radius 3 is 2.45 bits per heavy atom. The molecule has 0 bridgehead atoms. The second kappa shape index (κ2) is 10.9. The van der Waals surface area contributed by atoms with Crippen LogP contribution in [0.5, 0.6) is 11.5 Å². The molecule has 1 aromatic heterocycles. The van der Waals surface area contributed by atoms with Crippen molar-refractivity contribution in [2.75, 3.05) is 45.8 Å². The Bertz CT molecular complexity index is 1050. The number of rotatable bonds is 10. The van der Waals surface area contributed by atoms with Crippen molar-refractivity contribution in [3.8, 4) is 22.8 Å². The SMILES string of the molecule is CNCCOc1ccc(-c2cc(NCC3(CO)CCCCC3)c3ccc(OC)cc3n2)cc1. The molecule has 0 unspecified atom stereocenters. The van der Waals surface area contributed by atoms with Crippen molar-refractivity contribution in [2.45, 2.75) is 32.1 Å². The van der Waals surface area contributed by atoms with Crippen LogP contribution in [0.25, 0.3) is 22.2 Å². The highest BCUT2D eigenvalue weighted by atomic mass is 16.5. The summed E-state index contributed by atoms with van der Waals surface area (Å²) in [4.78, 5) is 4.93. The van der Waals surface area contributed by atoms with Gasteiger partial charge in [0.1, 0.15) is 18.1 Å². The van der Waals surface area contributed by atoms with Crippen LogP contribution in [-0.4, -0.2) is 50.6 Å². The minimum Gasteiger partial charge on any atom is -0.497 e. The number of anilines is 1. The zero-order valence-corrected chi connectivity index (χ0v) is 19.7. The molecule has 1 fully saturated rings. The zero-order valence-electron chi connectivity index (χ0n) is 19.7. The van der Waals surface area contributed by atoms with E-state index in [2.05, 4.69) is 22.8 Å². The van der Waals surface area contributed by atoms with Gasteiger partial charge in [-0.15, -0.1) is 0 Å². The van der Waals surface area contributed by atoms with Gasteiger partial charge >= 0.3 is 0 Å². The summed E-state index contributed by atoms with van der Waals surface area (Å²) in [7, 11) is 3.58. The third-order valence-electron chi connectivity index (χ3n) is 6.69. The third kappa shape index (κ3) is 5.57. The van der Waals surface area contributed by atoms with E-state index in [4.69, 9.17) is 14.5 Å². The molecule has 176 valence electrons. The number of aromatic nitrogens is 1. The first kappa shape index (κ1) is 23.3. The lowest BCUT2D eigenvalue weighted by molar-refractivity contribution is 0.0944. The molecule has 4 rings (SSSR count). The Hall–Kier alpha value is -2.83. The normalized spacial score (nSPS) is 15.4. The average molecular weight is 450 g/mol. The maximum absolute atomic E-state index is 10.2. The van der Waals surface area contributed by atoms with Gasteiger partial charge in [-0.1, -0.05) is 19.3 Å². The molecule has 2 aromatic carbocycles. The number of likely N-dealkylation sites (N-methyl/N-ethyl adjacent to an activating group) is 1. The Morgan fingerprint density at radius 2 is 1.76 bits per heavy atom. The number of pyridine rings is 1. The first-order valence-corrected chi connectivity index (χ1v) is 11.9. The number of nitrogens with one attached hydrogen (secondary N) is 2. The standard InChI is InChI=1S/C27H35N3O3/c1-28-14-15-33-21-8-6-20(7-9-21)24-17-25(23-11-10-22(32-2)16-26(23)30-24)29-18-27(19-31)12-4-3-5-13-27/h6-11,16-17,28,31H,3-5,12-15,18-19H2,1-2H3,(H,29,30). The number of fused-ring (bicyclic) bond motifs is 1. The predicted octanol–water partition coefficient (Wildman–Crippen LogP) is 4.86. The number of hydrogen-bond acceptors (Lipinski definition) is 6. The van der Waals surface area contributed by atoms with Crippen LogP contribution in [0.1, 0.15) is 32.1 Å². The van der Waals surface area contributed by atoms with E-state index in [1.54, 1.807) is 7.11 Å². The smallest absolute Gasteiger partial charge is 0.121 e. The van der Waals surface area contributed by atoms with Crippen LogP contribution in [0.4, 0.5) is 5.69 Å². The number of aliphatic hydroxyl groups excluding tert-OH is 1. The van der Waals surface area contributed by atoms with Crippen LogP contribution in [0.3, 0.4) is 0 Å². The molecule has 6 heteroatoms. The molecule has 3 N–H and O–H groups in total. The van der Waals surface area contributed by atoms with Crippen molar-refractivity contribution in [3.05, 3.63) is 48.5 Å². The number of nitrogens with zero attached hydrogens (tertiary/aromatic N) is 1. The number of benzene rings is 2. The summed E-state index contributed by atoms with van der Waals surface area (Å²) in [6.45, 7) is 2.41. The van der Waals surface area contributed by atoms with Gasteiger partial charge in [0.05, 0.1) is 24.9 Å². The van der Waals surface area contributed by atoms with Gasteiger partial charge in [0, 0.05) is 41.2 Å². The second-order valence-corrected chi connectivity index (χ2v) is 8.99. The molecule has 0 saturated heterocycles. The zero-order chi connectivity index (χ0) is 23.1. The van der Waals surface area contributed by atoms with E-state index in [1.807, 2.05) is 43.4 Å². The quantitative estimate of drug-likeness (QED) is 0.384. The van der Waals surface area contributed by atoms with E-state index in [-0.39, 0.29) is 12.0 Å². The van der Waals surface area contributed by atoms with E-state index < -0.39 is 0 Å². The van der Waals surface area contributed by atoms with Crippen molar-refractivity contribution in [1.82, 2.24) is 10.3 Å². The van der Waals surface area contributed by atoms with Crippen LogP contribution in [0, 0.1) is 5.41 Å². The van der Waals surface area contributed by atoms with E-state index >= 15 is 0 Å². The molecule has 0 amide bonds. The summed E-state index contributed by atoms with van der Waals surface area (Å²) in [5.74, 6) is 1.63. The van der Waals surface area contributed by atoms with Crippen molar-refractivity contribution < 1.29 is 14.6 Å². The first-order valence-electron chi connectivity index (χ1n) is 11.9. The molecule has 6 nitrogen and oxygen atoms in total. The summed E-state index contributed by atoms with van der Waals surface area (Å²) in [5, 5.41) is 18.0. The summed E-state index contributed by atoms with van der Waals surface area (Å²) >= 11 is 0. The molecule has 0 atom stereocenters. The number of hydrogen-bond donors (Lipinski definition) is 3. The first-order chi connectivity index (χ1) is 16.2. The molecule has 0 spiro atoms. The lowest BCUT2D eigenvalue weighted by Crippen LogP contribution is -2.35. The minimum absolute atomic E-state index is 0.0488. The fourth-order valence-corrected chi connectivity index (χ4v) is 4.60. The monoisotopic (exact) mass is 449 g/mol. The molecule has 0 aliphatic heterocycles. The fraction of sp³-hybridized carbons (Fsp3) is 0.444. The largest absolute Gasteiger partial charge is 0.497 e. The maximum atomic E-state index is 10.2. The van der Waals surface area contributed by atoms with Crippen LogP contribution in [0.15, 0.2) is 48.5 Å². The van der Waals surface area contributed by atoms with Gasteiger partial charge in [0.2, 0.25) is 0 Å². The summed E-state index contributed by atoms with van der Waals surface area (Å²) in [6, 6.07) is 16.2. The van der Waals surface area contributed by atoms with E-state index in [1.165, 1.54) is 19.3 Å². The van der Waals surface area contributed by atoms with Crippen LogP contribution < -0.4 is 20.1 Å². The minimum atomic E-state index is -0.0488. The second-order valence-electron chi connectivity index (χ2n) is 8.99. The van der Waals surface area contributed by atoms with E-state index in [0.717, 1.165) is 65.3 Å². The van der Waals surface area contributed by atoms with E-state index in [0.29, 0.717) is 6.61 Å². The van der Waals surface area contributed by atoms with Crippen LogP contribution in [0.2, 0.25) is 0 Å². The molecule has 1 aliphatic carbocycles. The molecule has 1 heterocycles. The Balaban J connectivity index is 1.64. The van der Waals surface area contributed by atoms with Gasteiger partial charge in [-0.3, -0.25) is 0 Å². The lowest BCUT2D eigenvalue weighted by Gasteiger charge is -2.36. The Kier molecular flexibility index (Phi) is 7.68. The van der Waals surface area contributed by atoms with Crippen molar-refractivity contribution in [1.29, 1.82) is 0 Å². The summed E-state index contributed by atoms with van der Waals surface area (Å²) in [5.41, 5.74) is 3.78. The molecule has 3 aromatic rings. The third-order valence-corrected chi connectivity index (χ3v) is 6.69. The number of ether oxygens (including phenoxy) is 2. The van der Waals surface area contributed by atoms with Gasteiger partial charge in [-0.25, -0.2) is 4.98 Å². The molecule has 1 saturated carbocycles. The van der Waals surface area contributed by atoms with Gasteiger partial charge < -0.3 is 25.2 Å². The Labute approximate surface area is 196 Å². The summed E-state index contributed by atoms with van der Waals surface area (Å²) in [6.07, 6.45) is 5.76. The van der Waals surface area contributed by atoms with Gasteiger partial charge in [0.25, 0.3) is 0 Å². The van der Waals surface area contributed by atoms with Crippen LogP contribution in [-0.2, 0) is 0 Å². The van der Waals surface area contributed by atoms with Crippen molar-refractivity contribution >= 4 is 16.6 Å². The highest BCUT2D eigenvalue weighted by molar-refractivity contribution is 5.94. The molecule has 0 radical (unpaired) electrons. The molecule has 33 heavy (non-hydrogen) atoms. The lowest BCUT2D eigenvalue weighted by atomic mass is 9.74. The van der Waals surface area contributed by atoms with Gasteiger partial charge in [0.15, 0.2) is 0 Å². The van der Waals surface area contributed by atoms with Gasteiger partial charge in [-0.2, -0.15) is 0 Å². The average Bonchev–Trinajstić information content (AvgIpc) is 2.88. The Morgan fingerprint density at radius 1 is 1.00 bits per heavy atom. The molecular formula is C27H35N3O3. The highest BCUT2D eigenvalue weighted by Crippen LogP contribution is 2.37. The fourth-order valence-electron chi connectivity index (χ4n) is 4.60. The van der Waals surface area contributed by atoms with Crippen LogP contribution >= 0.6 is 0 Å².